The van der Waals surface area contributed by atoms with Crippen LogP contribution in [0.15, 0.2) is 6.07 Å². The fourth-order valence-corrected chi connectivity index (χ4v) is 1.86. The molecule has 0 heterocycles. The van der Waals surface area contributed by atoms with Crippen molar-refractivity contribution in [1.82, 2.24) is 0 Å². The van der Waals surface area contributed by atoms with Crippen molar-refractivity contribution in [2.75, 3.05) is 0 Å². The highest BCUT2D eigenvalue weighted by molar-refractivity contribution is 6.31. The molecule has 3 N–H and O–H groups in total. The van der Waals surface area contributed by atoms with Gasteiger partial charge in [-0.15, -0.1) is 0 Å². The summed E-state index contributed by atoms with van der Waals surface area (Å²) in [7, 11) is 0. The SMILES string of the molecule is Cc1c(Cl)cc(O)c(O)c1CC1(O)CC1. The maximum atomic E-state index is 9.78. The van der Waals surface area contributed by atoms with Crippen molar-refractivity contribution in [1.29, 1.82) is 0 Å². The summed E-state index contributed by atoms with van der Waals surface area (Å²) in [6.07, 6.45) is 1.82. The van der Waals surface area contributed by atoms with Gasteiger partial charge in [-0.1, -0.05) is 11.6 Å². The smallest absolute Gasteiger partial charge is 0.161 e. The normalized spacial score (nSPS) is 17.8. The first-order chi connectivity index (χ1) is 6.93. The summed E-state index contributed by atoms with van der Waals surface area (Å²) < 4.78 is 0. The van der Waals surface area contributed by atoms with E-state index in [9.17, 15) is 15.3 Å². The second-order valence-electron chi connectivity index (χ2n) is 4.23. The minimum absolute atomic E-state index is 0.169. The number of halogens is 1. The zero-order valence-electron chi connectivity index (χ0n) is 8.42. The van der Waals surface area contributed by atoms with Crippen LogP contribution < -0.4 is 0 Å². The van der Waals surface area contributed by atoms with Gasteiger partial charge < -0.3 is 15.3 Å². The molecule has 0 bridgehead atoms. The van der Waals surface area contributed by atoms with Crippen LogP contribution in [0.2, 0.25) is 5.02 Å². The standard InChI is InChI=1S/C11H13ClO3/c1-6-7(5-11(15)2-3-11)10(14)9(13)4-8(6)12/h4,13-15H,2-3,5H2,1H3. The average molecular weight is 229 g/mol. The van der Waals surface area contributed by atoms with Crippen LogP contribution in [-0.4, -0.2) is 20.9 Å². The predicted molar refractivity (Wildman–Crippen MR) is 57.4 cm³/mol. The van der Waals surface area contributed by atoms with E-state index in [-0.39, 0.29) is 11.5 Å². The summed E-state index contributed by atoms with van der Waals surface area (Å²) in [5.74, 6) is -0.401. The topological polar surface area (TPSA) is 60.7 Å². The van der Waals surface area contributed by atoms with Crippen LogP contribution in [0.3, 0.4) is 0 Å². The Morgan fingerprint density at radius 2 is 2.00 bits per heavy atom. The van der Waals surface area contributed by atoms with Crippen LogP contribution in [-0.2, 0) is 6.42 Å². The van der Waals surface area contributed by atoms with Crippen molar-refractivity contribution in [2.45, 2.75) is 31.8 Å². The Morgan fingerprint density at radius 3 is 2.53 bits per heavy atom. The zero-order chi connectivity index (χ0) is 11.2. The molecule has 0 aromatic heterocycles. The quantitative estimate of drug-likeness (QED) is 0.680. The van der Waals surface area contributed by atoms with Crippen LogP contribution in [0.5, 0.6) is 11.5 Å². The number of hydrogen-bond acceptors (Lipinski definition) is 3. The Hall–Kier alpha value is -0.930. The minimum Gasteiger partial charge on any atom is -0.504 e. The Kier molecular flexibility index (Phi) is 2.32. The lowest BCUT2D eigenvalue weighted by Crippen LogP contribution is -2.12. The summed E-state index contributed by atoms with van der Waals surface area (Å²) in [6.45, 7) is 1.77. The molecule has 0 spiro atoms. The van der Waals surface area contributed by atoms with E-state index in [1.54, 1.807) is 6.92 Å². The molecule has 0 radical (unpaired) electrons. The molecule has 1 aliphatic carbocycles. The van der Waals surface area contributed by atoms with Crippen molar-refractivity contribution >= 4 is 11.6 Å². The van der Waals surface area contributed by atoms with Gasteiger partial charge in [0.25, 0.3) is 0 Å². The Morgan fingerprint density at radius 1 is 1.40 bits per heavy atom. The summed E-state index contributed by atoms with van der Waals surface area (Å²) in [4.78, 5) is 0. The lowest BCUT2D eigenvalue weighted by atomic mass is 9.99. The van der Waals surface area contributed by atoms with E-state index in [0.29, 0.717) is 22.6 Å². The molecule has 1 saturated carbocycles. The molecule has 15 heavy (non-hydrogen) atoms. The number of hydrogen-bond donors (Lipinski definition) is 3. The number of phenols is 2. The van der Waals surface area contributed by atoms with Crippen molar-refractivity contribution in [2.24, 2.45) is 0 Å². The summed E-state index contributed by atoms with van der Waals surface area (Å²) in [5, 5.41) is 29.3. The number of aliphatic hydroxyl groups is 1. The molecular formula is C11H13ClO3. The highest BCUT2D eigenvalue weighted by Crippen LogP contribution is 2.44. The molecule has 1 fully saturated rings. The third-order valence-electron chi connectivity index (χ3n) is 2.94. The summed E-state index contributed by atoms with van der Waals surface area (Å²) in [6, 6.07) is 1.31. The summed E-state index contributed by atoms with van der Waals surface area (Å²) in [5.41, 5.74) is 0.548. The second-order valence-corrected chi connectivity index (χ2v) is 4.64. The number of aromatic hydroxyl groups is 2. The van der Waals surface area contributed by atoms with E-state index in [1.165, 1.54) is 6.07 Å². The van der Waals surface area contributed by atoms with Gasteiger partial charge in [0.05, 0.1) is 5.60 Å². The van der Waals surface area contributed by atoms with E-state index in [2.05, 4.69) is 0 Å². The molecule has 1 aromatic carbocycles. The highest BCUT2D eigenvalue weighted by Gasteiger charge is 2.41. The highest BCUT2D eigenvalue weighted by atomic mass is 35.5. The van der Waals surface area contributed by atoms with Gasteiger partial charge in [0.1, 0.15) is 0 Å². The van der Waals surface area contributed by atoms with Crippen LogP contribution in [0.25, 0.3) is 0 Å². The average Bonchev–Trinajstić information content (AvgIpc) is 2.89. The lowest BCUT2D eigenvalue weighted by molar-refractivity contribution is 0.149. The molecule has 82 valence electrons. The number of benzene rings is 1. The third-order valence-corrected chi connectivity index (χ3v) is 3.33. The molecular weight excluding hydrogens is 216 g/mol. The minimum atomic E-state index is -0.709. The van der Waals surface area contributed by atoms with Crippen molar-refractivity contribution in [3.8, 4) is 11.5 Å². The van der Waals surface area contributed by atoms with E-state index in [4.69, 9.17) is 11.6 Å². The van der Waals surface area contributed by atoms with Crippen LogP contribution in [0, 0.1) is 6.92 Å². The van der Waals surface area contributed by atoms with Gasteiger partial charge in [-0.3, -0.25) is 0 Å². The van der Waals surface area contributed by atoms with E-state index >= 15 is 0 Å². The van der Waals surface area contributed by atoms with E-state index in [1.807, 2.05) is 0 Å². The van der Waals surface area contributed by atoms with Crippen LogP contribution in [0.1, 0.15) is 24.0 Å². The van der Waals surface area contributed by atoms with Gasteiger partial charge in [0, 0.05) is 23.1 Å². The molecule has 4 heteroatoms. The van der Waals surface area contributed by atoms with Crippen LogP contribution in [0.4, 0.5) is 0 Å². The molecule has 1 aliphatic rings. The molecule has 0 amide bonds. The molecule has 0 saturated heterocycles. The van der Waals surface area contributed by atoms with Crippen molar-refractivity contribution < 1.29 is 15.3 Å². The number of phenolic OH excluding ortho intramolecular Hbond substituents is 2. The van der Waals surface area contributed by atoms with Crippen LogP contribution >= 0.6 is 11.6 Å². The van der Waals surface area contributed by atoms with Crippen molar-refractivity contribution in [3.63, 3.8) is 0 Å². The predicted octanol–water partition coefficient (Wildman–Crippen LogP) is 2.13. The van der Waals surface area contributed by atoms with Crippen molar-refractivity contribution in [3.05, 3.63) is 22.2 Å². The van der Waals surface area contributed by atoms with E-state index < -0.39 is 5.60 Å². The lowest BCUT2D eigenvalue weighted by Gasteiger charge is -2.14. The molecule has 0 atom stereocenters. The Labute approximate surface area is 92.9 Å². The van der Waals surface area contributed by atoms with Gasteiger partial charge in [-0.2, -0.15) is 0 Å². The second kappa shape index (κ2) is 3.29. The zero-order valence-corrected chi connectivity index (χ0v) is 9.17. The fourth-order valence-electron chi connectivity index (χ4n) is 1.64. The molecule has 3 nitrogen and oxygen atoms in total. The van der Waals surface area contributed by atoms with Gasteiger partial charge in [0.2, 0.25) is 0 Å². The van der Waals surface area contributed by atoms with Gasteiger partial charge in [-0.25, -0.2) is 0 Å². The molecule has 0 aliphatic heterocycles. The first-order valence-corrected chi connectivity index (χ1v) is 5.23. The molecule has 2 rings (SSSR count). The van der Waals surface area contributed by atoms with E-state index in [0.717, 1.165) is 12.8 Å². The third kappa shape index (κ3) is 1.90. The summed E-state index contributed by atoms with van der Waals surface area (Å²) >= 11 is 5.89. The monoisotopic (exact) mass is 228 g/mol. The number of rotatable bonds is 2. The van der Waals surface area contributed by atoms with Gasteiger partial charge >= 0.3 is 0 Å². The maximum Gasteiger partial charge on any atom is 0.161 e. The first kappa shape index (κ1) is 10.6. The van der Waals surface area contributed by atoms with Gasteiger partial charge in [-0.05, 0) is 25.3 Å². The molecule has 1 aromatic rings. The fraction of sp³-hybridized carbons (Fsp3) is 0.455. The van der Waals surface area contributed by atoms with Gasteiger partial charge in [0.15, 0.2) is 11.5 Å². The molecule has 0 unspecified atom stereocenters. The first-order valence-electron chi connectivity index (χ1n) is 4.85. The largest absolute Gasteiger partial charge is 0.504 e. The Bertz CT molecular complexity index is 385. The Balaban J connectivity index is 2.44. The maximum absolute atomic E-state index is 9.78.